The van der Waals surface area contributed by atoms with Gasteiger partial charge in [0, 0.05) is 44.4 Å². The van der Waals surface area contributed by atoms with Crippen LogP contribution in [0.5, 0.6) is 5.75 Å². The zero-order valence-electron chi connectivity index (χ0n) is 20.8. The largest absolute Gasteiger partial charge is 0.496 e. The molecule has 1 amide bonds. The van der Waals surface area contributed by atoms with Crippen LogP contribution >= 0.6 is 0 Å². The van der Waals surface area contributed by atoms with Gasteiger partial charge in [-0.3, -0.25) is 9.78 Å². The van der Waals surface area contributed by atoms with Crippen molar-refractivity contribution in [3.8, 4) is 34.3 Å². The van der Waals surface area contributed by atoms with Crippen LogP contribution in [0.3, 0.4) is 0 Å². The van der Waals surface area contributed by atoms with Crippen molar-refractivity contribution in [1.82, 2.24) is 15.0 Å². The molecule has 1 saturated heterocycles. The van der Waals surface area contributed by atoms with Gasteiger partial charge in [-0.2, -0.15) is 5.26 Å². The highest BCUT2D eigenvalue weighted by molar-refractivity contribution is 6.05. The fraction of sp³-hybridized carbons (Fsp3) is 0.179. The first-order valence-electron chi connectivity index (χ1n) is 11.7. The molecule has 2 N–H and O–H groups in total. The van der Waals surface area contributed by atoms with Gasteiger partial charge < -0.3 is 20.1 Å². The zero-order chi connectivity index (χ0) is 27.1. The number of nitriles is 1. The molecular formula is C28H25FN6O3. The monoisotopic (exact) mass is 512 g/mol. The van der Waals surface area contributed by atoms with Gasteiger partial charge in [0.25, 0.3) is 5.91 Å². The maximum absolute atomic E-state index is 14.5. The predicted molar refractivity (Wildman–Crippen MR) is 141 cm³/mol. The maximum atomic E-state index is 14.5. The Hall–Kier alpha value is -4.88. The third kappa shape index (κ3) is 5.28. The number of ether oxygens (including phenoxy) is 1. The van der Waals surface area contributed by atoms with E-state index in [-0.39, 0.29) is 22.8 Å². The molecule has 0 radical (unpaired) electrons. The van der Waals surface area contributed by atoms with Gasteiger partial charge in [-0.15, -0.1) is 0 Å². The minimum atomic E-state index is -0.547. The van der Waals surface area contributed by atoms with Crippen molar-refractivity contribution >= 4 is 17.3 Å². The first-order chi connectivity index (χ1) is 18.6. The number of aliphatic hydroxyl groups is 1. The van der Waals surface area contributed by atoms with Gasteiger partial charge in [-0.25, -0.2) is 14.4 Å². The summed E-state index contributed by atoms with van der Waals surface area (Å²) in [7, 11) is 2.43. The second-order valence-electron chi connectivity index (χ2n) is 8.14. The Morgan fingerprint density at radius 1 is 1.16 bits per heavy atom. The number of carbonyl (C=O) groups is 1. The number of nitrogens with zero attached hydrogens (tertiary/aromatic N) is 5. The van der Waals surface area contributed by atoms with Crippen LogP contribution in [0.1, 0.15) is 22.5 Å². The van der Waals surface area contributed by atoms with E-state index in [9.17, 15) is 14.4 Å². The van der Waals surface area contributed by atoms with E-state index in [4.69, 9.17) is 9.84 Å². The molecule has 38 heavy (non-hydrogen) atoms. The molecule has 1 aliphatic rings. The molecule has 0 bridgehead atoms. The molecule has 10 heteroatoms. The molecule has 0 aliphatic carbocycles. The topological polar surface area (TPSA) is 124 Å². The lowest BCUT2D eigenvalue weighted by Gasteiger charge is -2.35. The molecule has 1 fully saturated rings. The summed E-state index contributed by atoms with van der Waals surface area (Å²) >= 11 is 0. The molecule has 2 aromatic heterocycles. The summed E-state index contributed by atoms with van der Waals surface area (Å²) in [5.74, 6) is -0.677. The van der Waals surface area contributed by atoms with Crippen molar-refractivity contribution in [2.45, 2.75) is 6.42 Å². The van der Waals surface area contributed by atoms with Crippen molar-refractivity contribution in [2.24, 2.45) is 0 Å². The number of halogens is 1. The van der Waals surface area contributed by atoms with Gasteiger partial charge in [-0.05, 0) is 48.4 Å². The van der Waals surface area contributed by atoms with Crippen molar-refractivity contribution in [1.29, 1.82) is 5.26 Å². The Morgan fingerprint density at radius 2 is 1.97 bits per heavy atom. The number of hydrogen-bond donors (Lipinski definition) is 2. The number of anilines is 2. The smallest absolute Gasteiger partial charge is 0.274 e. The molecule has 1 aliphatic heterocycles. The van der Waals surface area contributed by atoms with Crippen LogP contribution in [-0.4, -0.2) is 53.3 Å². The van der Waals surface area contributed by atoms with E-state index in [2.05, 4.69) is 31.2 Å². The second-order valence-corrected chi connectivity index (χ2v) is 8.14. The van der Waals surface area contributed by atoms with Crippen LogP contribution in [0.15, 0.2) is 67.1 Å². The molecule has 5 rings (SSSR count). The van der Waals surface area contributed by atoms with Crippen LogP contribution in [0.2, 0.25) is 0 Å². The first kappa shape index (κ1) is 26.2. The van der Waals surface area contributed by atoms with Crippen molar-refractivity contribution < 1.29 is 19.0 Å². The summed E-state index contributed by atoms with van der Waals surface area (Å²) in [4.78, 5) is 27.9. The second kappa shape index (κ2) is 11.9. The molecule has 2 aromatic carbocycles. The SMILES string of the molecule is CO.COc1cccc(F)c1-c1nccc(C(=O)Nc2ccc(-c3cnccc3C#N)cc2N2CCC2)n1. The van der Waals surface area contributed by atoms with Gasteiger partial charge in [0.2, 0.25) is 0 Å². The van der Waals surface area contributed by atoms with Gasteiger partial charge in [0.1, 0.15) is 17.3 Å². The van der Waals surface area contributed by atoms with E-state index >= 15 is 0 Å². The summed E-state index contributed by atoms with van der Waals surface area (Å²) in [5.41, 5.74) is 3.69. The number of rotatable bonds is 6. The molecular weight excluding hydrogens is 487 g/mol. The zero-order valence-corrected chi connectivity index (χ0v) is 20.8. The molecule has 9 nitrogen and oxygen atoms in total. The predicted octanol–water partition coefficient (Wildman–Crippen LogP) is 4.30. The highest BCUT2D eigenvalue weighted by Crippen LogP contribution is 2.35. The third-order valence-electron chi connectivity index (χ3n) is 6.00. The molecule has 0 spiro atoms. The van der Waals surface area contributed by atoms with Gasteiger partial charge in [0.15, 0.2) is 5.82 Å². The summed E-state index contributed by atoms with van der Waals surface area (Å²) in [6.07, 6.45) is 5.70. The van der Waals surface area contributed by atoms with Crippen molar-refractivity contribution in [3.63, 3.8) is 0 Å². The number of aliphatic hydroxyl groups excluding tert-OH is 1. The van der Waals surface area contributed by atoms with Crippen LogP contribution in [-0.2, 0) is 0 Å². The highest BCUT2D eigenvalue weighted by atomic mass is 19.1. The highest BCUT2D eigenvalue weighted by Gasteiger charge is 2.22. The molecule has 0 unspecified atom stereocenters. The number of amides is 1. The Bertz CT molecular complexity index is 1500. The van der Waals surface area contributed by atoms with E-state index in [1.165, 1.54) is 31.5 Å². The van der Waals surface area contributed by atoms with Crippen LogP contribution in [0, 0.1) is 17.1 Å². The van der Waals surface area contributed by atoms with Crippen LogP contribution in [0.25, 0.3) is 22.5 Å². The fourth-order valence-electron chi connectivity index (χ4n) is 4.03. The van der Waals surface area contributed by atoms with E-state index in [0.717, 1.165) is 43.4 Å². The average Bonchev–Trinajstić information content (AvgIpc) is 2.94. The Balaban J connectivity index is 0.00000164. The van der Waals surface area contributed by atoms with E-state index in [0.29, 0.717) is 11.3 Å². The van der Waals surface area contributed by atoms with Gasteiger partial charge in [0.05, 0.1) is 35.7 Å². The van der Waals surface area contributed by atoms with E-state index in [1.807, 2.05) is 12.1 Å². The van der Waals surface area contributed by atoms with E-state index < -0.39 is 11.7 Å². The van der Waals surface area contributed by atoms with Crippen molar-refractivity contribution in [2.75, 3.05) is 37.5 Å². The molecule has 0 saturated carbocycles. The molecule has 4 aromatic rings. The van der Waals surface area contributed by atoms with Gasteiger partial charge in [-0.1, -0.05) is 12.1 Å². The standard InChI is InChI=1S/C27H21FN6O2.CH4O/c1-36-24-5-2-4-20(28)25(24)26-31-11-9-22(32-26)27(35)33-21-7-6-17(14-23(21)34-12-3-13-34)19-16-30-10-8-18(19)15-29;1-2/h2,4-11,14,16H,3,12-13H2,1H3,(H,33,35);2H,1H3. The third-order valence-corrected chi connectivity index (χ3v) is 6.00. The lowest BCUT2D eigenvalue weighted by molar-refractivity contribution is 0.102. The Labute approximate surface area is 219 Å². The molecule has 192 valence electrons. The maximum Gasteiger partial charge on any atom is 0.274 e. The minimum absolute atomic E-state index is 0.0523. The molecule has 3 heterocycles. The summed E-state index contributed by atoms with van der Waals surface area (Å²) < 4.78 is 19.8. The quantitative estimate of drug-likeness (QED) is 0.392. The summed E-state index contributed by atoms with van der Waals surface area (Å²) in [6, 6.07) is 15.3. The van der Waals surface area contributed by atoms with Crippen LogP contribution < -0.4 is 15.0 Å². The summed E-state index contributed by atoms with van der Waals surface area (Å²) in [6.45, 7) is 1.71. The average molecular weight is 513 g/mol. The van der Waals surface area contributed by atoms with E-state index in [1.54, 1.807) is 30.6 Å². The lowest BCUT2D eigenvalue weighted by Crippen LogP contribution is -2.37. The lowest BCUT2D eigenvalue weighted by atomic mass is 10.0. The molecule has 0 atom stereocenters. The Kier molecular flexibility index (Phi) is 8.20. The minimum Gasteiger partial charge on any atom is -0.496 e. The first-order valence-corrected chi connectivity index (χ1v) is 11.7. The number of hydrogen-bond acceptors (Lipinski definition) is 8. The number of pyridine rings is 1. The number of benzene rings is 2. The number of nitrogens with one attached hydrogen (secondary N) is 1. The Morgan fingerprint density at radius 3 is 2.68 bits per heavy atom. The van der Waals surface area contributed by atoms with Crippen molar-refractivity contribution in [3.05, 3.63) is 84.2 Å². The fourth-order valence-corrected chi connectivity index (χ4v) is 4.03. The number of methoxy groups -OCH3 is 1. The normalized spacial score (nSPS) is 11.9. The van der Waals surface area contributed by atoms with Gasteiger partial charge >= 0.3 is 0 Å². The number of aromatic nitrogens is 3. The number of carbonyl (C=O) groups excluding carboxylic acids is 1. The van der Waals surface area contributed by atoms with Crippen LogP contribution in [0.4, 0.5) is 15.8 Å². The summed E-state index contributed by atoms with van der Waals surface area (Å²) in [5, 5.41) is 19.4.